The molecule has 0 fully saturated rings. The van der Waals surface area contributed by atoms with Crippen LogP contribution in [0.2, 0.25) is 5.02 Å². The van der Waals surface area contributed by atoms with Crippen molar-refractivity contribution in [2.75, 3.05) is 7.11 Å². The monoisotopic (exact) mass is 349 g/mol. The summed E-state index contributed by atoms with van der Waals surface area (Å²) in [6.07, 6.45) is 0. The van der Waals surface area contributed by atoms with Gasteiger partial charge in [-0.15, -0.1) is 11.8 Å². The first kappa shape index (κ1) is 17.7. The molecule has 0 heterocycles. The topological polar surface area (TPSA) is 38.3 Å². The molecule has 0 spiro atoms. The third-order valence-corrected chi connectivity index (χ3v) is 4.87. The van der Waals surface area contributed by atoms with Crippen molar-refractivity contribution < 1.29 is 9.53 Å². The summed E-state index contributed by atoms with van der Waals surface area (Å²) in [5.74, 6) is 1.64. The normalized spacial score (nSPS) is 11.8. The van der Waals surface area contributed by atoms with Crippen LogP contribution in [-0.4, -0.2) is 18.3 Å². The highest BCUT2D eigenvalue weighted by Gasteiger charge is 2.13. The smallest absolute Gasteiger partial charge is 0.233 e. The Balaban J connectivity index is 1.76. The van der Waals surface area contributed by atoms with Crippen molar-refractivity contribution >= 4 is 29.3 Å². The molecule has 0 aliphatic rings. The summed E-state index contributed by atoms with van der Waals surface area (Å²) in [5, 5.41) is 3.58. The number of ether oxygens (including phenoxy) is 1. The Bertz CT molecular complexity index is 628. The van der Waals surface area contributed by atoms with Crippen LogP contribution in [0.5, 0.6) is 5.75 Å². The molecule has 0 aromatic heterocycles. The first-order chi connectivity index (χ1) is 11.1. The molecule has 5 heteroatoms. The minimum atomic E-state index is -0.107. The van der Waals surface area contributed by atoms with Crippen LogP contribution in [0.1, 0.15) is 18.1 Å². The summed E-state index contributed by atoms with van der Waals surface area (Å²) in [5.41, 5.74) is 2.21. The molecule has 0 bridgehead atoms. The number of hydrogen-bond acceptors (Lipinski definition) is 3. The summed E-state index contributed by atoms with van der Waals surface area (Å²) in [7, 11) is 1.64. The second-order valence-corrected chi connectivity index (χ2v) is 6.91. The lowest BCUT2D eigenvalue weighted by atomic mass is 10.2. The fourth-order valence-corrected chi connectivity index (χ4v) is 2.95. The SMILES string of the molecule is COc1ccc(CNC(=O)[C@@H](C)SCc2ccc(Cl)cc2)cc1. The van der Waals surface area contributed by atoms with Gasteiger partial charge in [0, 0.05) is 17.3 Å². The number of carbonyl (C=O) groups is 1. The molecule has 1 N–H and O–H groups in total. The van der Waals surface area contributed by atoms with Crippen LogP contribution < -0.4 is 10.1 Å². The van der Waals surface area contributed by atoms with E-state index in [4.69, 9.17) is 16.3 Å². The van der Waals surface area contributed by atoms with E-state index in [9.17, 15) is 4.79 Å². The zero-order valence-electron chi connectivity index (χ0n) is 13.2. The van der Waals surface area contributed by atoms with E-state index >= 15 is 0 Å². The minimum absolute atomic E-state index is 0.0415. The van der Waals surface area contributed by atoms with Gasteiger partial charge in [0.05, 0.1) is 12.4 Å². The summed E-state index contributed by atoms with van der Waals surface area (Å²) in [6, 6.07) is 15.4. The molecule has 2 rings (SSSR count). The van der Waals surface area contributed by atoms with Gasteiger partial charge in [-0.1, -0.05) is 35.9 Å². The van der Waals surface area contributed by atoms with E-state index in [2.05, 4.69) is 5.32 Å². The molecule has 23 heavy (non-hydrogen) atoms. The van der Waals surface area contributed by atoms with Crippen LogP contribution in [0.4, 0.5) is 0 Å². The molecule has 1 atom stereocenters. The number of rotatable bonds is 7. The molecule has 2 aromatic carbocycles. The maximum absolute atomic E-state index is 12.1. The van der Waals surface area contributed by atoms with Gasteiger partial charge >= 0.3 is 0 Å². The second kappa shape index (κ2) is 8.85. The first-order valence-electron chi connectivity index (χ1n) is 7.35. The average molecular weight is 350 g/mol. The summed E-state index contributed by atoms with van der Waals surface area (Å²) in [4.78, 5) is 12.1. The fraction of sp³-hybridized carbons (Fsp3) is 0.278. The highest BCUT2D eigenvalue weighted by atomic mass is 35.5. The quantitative estimate of drug-likeness (QED) is 0.810. The van der Waals surface area contributed by atoms with Gasteiger partial charge < -0.3 is 10.1 Å². The van der Waals surface area contributed by atoms with Gasteiger partial charge in [0.2, 0.25) is 5.91 Å². The lowest BCUT2D eigenvalue weighted by Gasteiger charge is -2.12. The molecule has 0 aliphatic carbocycles. The highest BCUT2D eigenvalue weighted by molar-refractivity contribution is 7.99. The first-order valence-corrected chi connectivity index (χ1v) is 8.78. The number of halogens is 1. The van der Waals surface area contributed by atoms with E-state index in [0.717, 1.165) is 27.7 Å². The Labute approximate surface area is 146 Å². The van der Waals surface area contributed by atoms with Crippen LogP contribution in [0.15, 0.2) is 48.5 Å². The third-order valence-electron chi connectivity index (χ3n) is 3.41. The molecule has 1 amide bonds. The van der Waals surface area contributed by atoms with E-state index in [1.807, 2.05) is 55.5 Å². The van der Waals surface area contributed by atoms with Gasteiger partial charge in [-0.3, -0.25) is 4.79 Å². The maximum Gasteiger partial charge on any atom is 0.233 e. The van der Waals surface area contributed by atoms with Gasteiger partial charge in [0.25, 0.3) is 0 Å². The van der Waals surface area contributed by atoms with Gasteiger partial charge in [-0.05, 0) is 42.3 Å². The number of hydrogen-bond donors (Lipinski definition) is 1. The molecule has 0 saturated carbocycles. The fourth-order valence-electron chi connectivity index (χ4n) is 1.95. The van der Waals surface area contributed by atoms with Gasteiger partial charge in [0.15, 0.2) is 0 Å². The molecule has 2 aromatic rings. The number of carbonyl (C=O) groups excluding carboxylic acids is 1. The Morgan fingerprint density at radius 3 is 2.35 bits per heavy atom. The predicted octanol–water partition coefficient (Wildman–Crippen LogP) is 4.29. The number of benzene rings is 2. The lowest BCUT2D eigenvalue weighted by Crippen LogP contribution is -2.30. The molecule has 0 saturated heterocycles. The van der Waals surface area contributed by atoms with Crippen molar-refractivity contribution in [1.29, 1.82) is 0 Å². The largest absolute Gasteiger partial charge is 0.497 e. The van der Waals surface area contributed by atoms with Crippen molar-refractivity contribution in [2.24, 2.45) is 0 Å². The van der Waals surface area contributed by atoms with E-state index in [-0.39, 0.29) is 11.2 Å². The lowest BCUT2D eigenvalue weighted by molar-refractivity contribution is -0.120. The maximum atomic E-state index is 12.1. The van der Waals surface area contributed by atoms with Crippen molar-refractivity contribution in [3.05, 3.63) is 64.7 Å². The van der Waals surface area contributed by atoms with Crippen molar-refractivity contribution in [3.8, 4) is 5.75 Å². The molecular weight excluding hydrogens is 330 g/mol. The Hall–Kier alpha value is -1.65. The van der Waals surface area contributed by atoms with Crippen LogP contribution in [0.3, 0.4) is 0 Å². The zero-order valence-corrected chi connectivity index (χ0v) is 14.8. The second-order valence-electron chi connectivity index (χ2n) is 5.15. The molecule has 0 aliphatic heterocycles. The highest BCUT2D eigenvalue weighted by Crippen LogP contribution is 2.19. The number of nitrogens with one attached hydrogen (secondary N) is 1. The summed E-state index contributed by atoms with van der Waals surface area (Å²) >= 11 is 7.47. The van der Waals surface area contributed by atoms with Gasteiger partial charge in [0.1, 0.15) is 5.75 Å². The predicted molar refractivity (Wildman–Crippen MR) is 97.0 cm³/mol. The zero-order chi connectivity index (χ0) is 16.7. The molecule has 3 nitrogen and oxygen atoms in total. The summed E-state index contributed by atoms with van der Waals surface area (Å²) < 4.78 is 5.12. The summed E-state index contributed by atoms with van der Waals surface area (Å²) in [6.45, 7) is 2.44. The molecule has 0 radical (unpaired) electrons. The number of thioether (sulfide) groups is 1. The van der Waals surface area contributed by atoms with Crippen LogP contribution in [-0.2, 0) is 17.1 Å². The standard InChI is InChI=1S/C18H20ClNO2S/c1-13(23-12-15-3-7-16(19)8-4-15)18(21)20-11-14-5-9-17(22-2)10-6-14/h3-10,13H,11-12H2,1-2H3,(H,20,21)/t13-/m1/s1. The Morgan fingerprint density at radius 2 is 1.74 bits per heavy atom. The van der Waals surface area contributed by atoms with Crippen molar-refractivity contribution in [3.63, 3.8) is 0 Å². The molecular formula is C18H20ClNO2S. The van der Waals surface area contributed by atoms with Crippen LogP contribution in [0.25, 0.3) is 0 Å². The van der Waals surface area contributed by atoms with Crippen molar-refractivity contribution in [1.82, 2.24) is 5.32 Å². The average Bonchev–Trinajstić information content (AvgIpc) is 2.59. The number of amides is 1. The molecule has 0 unspecified atom stereocenters. The third kappa shape index (κ3) is 5.81. The Morgan fingerprint density at radius 1 is 1.13 bits per heavy atom. The van der Waals surface area contributed by atoms with E-state index in [1.54, 1.807) is 18.9 Å². The number of methoxy groups -OCH3 is 1. The van der Waals surface area contributed by atoms with E-state index < -0.39 is 0 Å². The van der Waals surface area contributed by atoms with E-state index in [1.165, 1.54) is 0 Å². The van der Waals surface area contributed by atoms with E-state index in [0.29, 0.717) is 6.54 Å². The van der Waals surface area contributed by atoms with Crippen LogP contribution in [0, 0.1) is 0 Å². The minimum Gasteiger partial charge on any atom is -0.497 e. The van der Waals surface area contributed by atoms with Gasteiger partial charge in [-0.2, -0.15) is 0 Å². The van der Waals surface area contributed by atoms with Gasteiger partial charge in [-0.25, -0.2) is 0 Å². The van der Waals surface area contributed by atoms with Crippen LogP contribution >= 0.6 is 23.4 Å². The Kier molecular flexibility index (Phi) is 6.81. The molecule has 122 valence electrons. The van der Waals surface area contributed by atoms with Crippen molar-refractivity contribution in [2.45, 2.75) is 24.5 Å².